The summed E-state index contributed by atoms with van der Waals surface area (Å²) >= 11 is 0. The average molecular weight is 257 g/mol. The van der Waals surface area contributed by atoms with Crippen LogP contribution in [0.4, 0.5) is 0 Å². The molecule has 0 atom stereocenters. The lowest BCUT2D eigenvalue weighted by Crippen LogP contribution is -2.53. The lowest BCUT2D eigenvalue weighted by Gasteiger charge is -2.36. The number of hydrogen-bond donors (Lipinski definition) is 2. The molecule has 1 fully saturated rings. The van der Waals surface area contributed by atoms with Gasteiger partial charge >= 0.3 is 0 Å². The largest absolute Gasteiger partial charge is 0.381 e. The molecule has 1 aliphatic rings. The van der Waals surface area contributed by atoms with Gasteiger partial charge in [0.15, 0.2) is 5.96 Å². The summed E-state index contributed by atoms with van der Waals surface area (Å²) in [4.78, 5) is 4.23. The Kier molecular flexibility index (Phi) is 5.41. The molecule has 0 bridgehead atoms. The fourth-order valence-electron chi connectivity index (χ4n) is 1.98. The first kappa shape index (κ1) is 15.2. The first-order chi connectivity index (χ1) is 8.41. The highest BCUT2D eigenvalue weighted by Crippen LogP contribution is 2.23. The Hall–Kier alpha value is -0.810. The third-order valence-corrected chi connectivity index (χ3v) is 3.13. The number of hydrogen-bond acceptors (Lipinski definition) is 3. The monoisotopic (exact) mass is 257 g/mol. The van der Waals surface area contributed by atoms with Crippen LogP contribution in [0, 0.1) is 0 Å². The van der Waals surface area contributed by atoms with Gasteiger partial charge in [-0.25, -0.2) is 0 Å². The minimum Gasteiger partial charge on any atom is -0.381 e. The van der Waals surface area contributed by atoms with Crippen molar-refractivity contribution in [3.05, 3.63) is 0 Å². The van der Waals surface area contributed by atoms with Crippen molar-refractivity contribution in [1.82, 2.24) is 10.6 Å². The van der Waals surface area contributed by atoms with Crippen LogP contribution in [0.2, 0.25) is 0 Å². The van der Waals surface area contributed by atoms with E-state index in [1.54, 1.807) is 14.2 Å². The van der Waals surface area contributed by atoms with Crippen LogP contribution in [0.25, 0.3) is 0 Å². The molecule has 106 valence electrons. The molecule has 0 amide bonds. The Bertz CT molecular complexity index is 278. The maximum Gasteiger partial charge on any atom is 0.191 e. The molecular weight excluding hydrogens is 230 g/mol. The first-order valence-electron chi connectivity index (χ1n) is 6.52. The Labute approximate surface area is 110 Å². The number of rotatable bonds is 3. The predicted octanol–water partition coefficient (Wildman–Crippen LogP) is 1.15. The minimum atomic E-state index is -0.131. The van der Waals surface area contributed by atoms with Crippen LogP contribution in [-0.2, 0) is 9.47 Å². The van der Waals surface area contributed by atoms with Crippen molar-refractivity contribution in [3.8, 4) is 0 Å². The normalized spacial score (nSPS) is 20.6. The number of methoxy groups -OCH3 is 1. The van der Waals surface area contributed by atoms with Crippen LogP contribution in [0.5, 0.6) is 0 Å². The number of ether oxygens (including phenoxy) is 2. The van der Waals surface area contributed by atoms with E-state index in [2.05, 4.69) is 36.4 Å². The van der Waals surface area contributed by atoms with E-state index in [0.29, 0.717) is 0 Å². The molecule has 0 radical (unpaired) electrons. The highest BCUT2D eigenvalue weighted by Gasteiger charge is 2.32. The Morgan fingerprint density at radius 2 is 1.94 bits per heavy atom. The lowest BCUT2D eigenvalue weighted by atomic mass is 9.94. The van der Waals surface area contributed by atoms with Gasteiger partial charge in [0, 0.05) is 52.3 Å². The molecule has 18 heavy (non-hydrogen) atoms. The van der Waals surface area contributed by atoms with Crippen molar-refractivity contribution in [2.24, 2.45) is 4.99 Å². The molecule has 1 rings (SSSR count). The number of aliphatic imine (C=N–C) groups is 1. The molecule has 1 aliphatic heterocycles. The topological polar surface area (TPSA) is 54.9 Å². The van der Waals surface area contributed by atoms with Crippen molar-refractivity contribution in [2.45, 2.75) is 44.8 Å². The Morgan fingerprint density at radius 3 is 2.39 bits per heavy atom. The van der Waals surface area contributed by atoms with Crippen molar-refractivity contribution < 1.29 is 9.47 Å². The third-order valence-electron chi connectivity index (χ3n) is 3.13. The molecule has 0 aromatic carbocycles. The summed E-state index contributed by atoms with van der Waals surface area (Å²) < 4.78 is 11.1. The zero-order chi connectivity index (χ0) is 13.6. The highest BCUT2D eigenvalue weighted by molar-refractivity contribution is 5.80. The summed E-state index contributed by atoms with van der Waals surface area (Å²) in [5.74, 6) is 0.811. The zero-order valence-electron chi connectivity index (χ0n) is 12.3. The fourth-order valence-corrected chi connectivity index (χ4v) is 1.98. The zero-order valence-corrected chi connectivity index (χ0v) is 12.3. The van der Waals surface area contributed by atoms with Crippen LogP contribution in [-0.4, -0.2) is 51.0 Å². The molecule has 0 unspecified atom stereocenters. The van der Waals surface area contributed by atoms with Crippen LogP contribution in [0.15, 0.2) is 4.99 Å². The van der Waals surface area contributed by atoms with Gasteiger partial charge < -0.3 is 20.1 Å². The molecule has 0 saturated carbocycles. The molecular formula is C13H27N3O2. The van der Waals surface area contributed by atoms with Gasteiger partial charge in [-0.3, -0.25) is 4.99 Å². The summed E-state index contributed by atoms with van der Waals surface area (Å²) in [6.07, 6.45) is 1.84. The summed E-state index contributed by atoms with van der Waals surface area (Å²) in [6.45, 7) is 8.62. The Morgan fingerprint density at radius 1 is 1.33 bits per heavy atom. The molecule has 1 saturated heterocycles. The number of nitrogens with one attached hydrogen (secondary N) is 2. The van der Waals surface area contributed by atoms with Gasteiger partial charge in [0.25, 0.3) is 0 Å². The van der Waals surface area contributed by atoms with Gasteiger partial charge in [-0.05, 0) is 20.8 Å². The SMILES string of the molecule is CN=C(NCC1(OC)CCOCC1)NC(C)(C)C. The average Bonchev–Trinajstić information content (AvgIpc) is 2.34. The van der Waals surface area contributed by atoms with Crippen LogP contribution in [0.3, 0.4) is 0 Å². The molecule has 2 N–H and O–H groups in total. The van der Waals surface area contributed by atoms with E-state index in [4.69, 9.17) is 9.47 Å². The second kappa shape index (κ2) is 6.38. The number of guanidine groups is 1. The molecule has 0 spiro atoms. The van der Waals surface area contributed by atoms with Gasteiger partial charge in [0.2, 0.25) is 0 Å². The summed E-state index contributed by atoms with van der Waals surface area (Å²) in [5, 5.41) is 6.68. The standard InChI is InChI=1S/C13H27N3O2/c1-12(2,3)16-11(14-4)15-10-13(17-5)6-8-18-9-7-13/h6-10H2,1-5H3,(H2,14,15,16). The molecule has 0 aromatic rings. The van der Waals surface area contributed by atoms with E-state index in [9.17, 15) is 0 Å². The minimum absolute atomic E-state index is 0.00223. The van der Waals surface area contributed by atoms with Gasteiger partial charge in [0.1, 0.15) is 0 Å². The Balaban J connectivity index is 2.50. The predicted molar refractivity (Wildman–Crippen MR) is 74.0 cm³/mol. The molecule has 5 heteroatoms. The highest BCUT2D eigenvalue weighted by atomic mass is 16.5. The van der Waals surface area contributed by atoms with Crippen LogP contribution < -0.4 is 10.6 Å². The smallest absolute Gasteiger partial charge is 0.191 e. The molecule has 1 heterocycles. The summed E-state index contributed by atoms with van der Waals surface area (Å²) in [7, 11) is 3.55. The van der Waals surface area contributed by atoms with Gasteiger partial charge in [-0.1, -0.05) is 0 Å². The number of nitrogens with zero attached hydrogens (tertiary/aromatic N) is 1. The van der Waals surface area contributed by atoms with Gasteiger partial charge in [-0.15, -0.1) is 0 Å². The second-order valence-electron chi connectivity index (χ2n) is 5.80. The van der Waals surface area contributed by atoms with Crippen molar-refractivity contribution >= 4 is 5.96 Å². The van der Waals surface area contributed by atoms with E-state index in [1.807, 2.05) is 0 Å². The van der Waals surface area contributed by atoms with Crippen LogP contribution in [0.1, 0.15) is 33.6 Å². The fraction of sp³-hybridized carbons (Fsp3) is 0.923. The quantitative estimate of drug-likeness (QED) is 0.588. The molecule has 0 aliphatic carbocycles. The summed E-state index contributed by atoms with van der Waals surface area (Å²) in [5.41, 5.74) is -0.133. The van der Waals surface area contributed by atoms with E-state index in [0.717, 1.165) is 38.6 Å². The summed E-state index contributed by atoms with van der Waals surface area (Å²) in [6, 6.07) is 0. The van der Waals surface area contributed by atoms with Crippen molar-refractivity contribution in [3.63, 3.8) is 0 Å². The lowest BCUT2D eigenvalue weighted by molar-refractivity contribution is -0.0856. The van der Waals surface area contributed by atoms with Gasteiger partial charge in [0.05, 0.1) is 5.60 Å². The molecule has 0 aromatic heterocycles. The van der Waals surface area contributed by atoms with E-state index >= 15 is 0 Å². The van der Waals surface area contributed by atoms with Crippen LogP contribution >= 0.6 is 0 Å². The molecule has 5 nitrogen and oxygen atoms in total. The van der Waals surface area contributed by atoms with Crippen molar-refractivity contribution in [1.29, 1.82) is 0 Å². The third kappa shape index (κ3) is 4.82. The maximum absolute atomic E-state index is 5.68. The van der Waals surface area contributed by atoms with Gasteiger partial charge in [-0.2, -0.15) is 0 Å². The van der Waals surface area contributed by atoms with Crippen molar-refractivity contribution in [2.75, 3.05) is 33.9 Å². The second-order valence-corrected chi connectivity index (χ2v) is 5.80. The van der Waals surface area contributed by atoms with E-state index in [-0.39, 0.29) is 11.1 Å². The van der Waals surface area contributed by atoms with E-state index < -0.39 is 0 Å². The van der Waals surface area contributed by atoms with E-state index in [1.165, 1.54) is 0 Å². The first-order valence-corrected chi connectivity index (χ1v) is 6.52. The maximum atomic E-state index is 5.68.